The van der Waals surface area contributed by atoms with Gasteiger partial charge in [0.15, 0.2) is 0 Å². The van der Waals surface area contributed by atoms with Crippen molar-refractivity contribution >= 4 is 5.69 Å². The molecule has 114 valence electrons. The molecule has 0 fully saturated rings. The highest BCUT2D eigenvalue weighted by Crippen LogP contribution is 2.23. The van der Waals surface area contributed by atoms with Crippen LogP contribution in [0.2, 0.25) is 0 Å². The van der Waals surface area contributed by atoms with Crippen molar-refractivity contribution in [3.8, 4) is 0 Å². The molecule has 1 N–H and O–H groups in total. The number of nitrogens with zero attached hydrogens (tertiary/aromatic N) is 1. The van der Waals surface area contributed by atoms with E-state index in [1.165, 1.54) is 6.07 Å². The van der Waals surface area contributed by atoms with Gasteiger partial charge >= 0.3 is 0 Å². The number of rotatable bonds is 9. The lowest BCUT2D eigenvalue weighted by atomic mass is 10.1. The highest BCUT2D eigenvalue weighted by Gasteiger charge is 2.12. The summed E-state index contributed by atoms with van der Waals surface area (Å²) in [6, 6.07) is 5.28. The Morgan fingerprint density at radius 2 is 2.10 bits per heavy atom. The summed E-state index contributed by atoms with van der Waals surface area (Å²) < 4.78 is 19.0. The minimum absolute atomic E-state index is 0.149. The predicted octanol–water partition coefficient (Wildman–Crippen LogP) is 3.04. The molecule has 0 heterocycles. The molecule has 0 amide bonds. The van der Waals surface area contributed by atoms with Gasteiger partial charge < -0.3 is 15.0 Å². The Morgan fingerprint density at radius 1 is 1.35 bits per heavy atom. The van der Waals surface area contributed by atoms with Crippen LogP contribution in [0.1, 0.15) is 25.8 Å². The molecule has 4 heteroatoms. The standard InChI is InChI=1S/C16H27FN2O/c1-13(2)8-10-19(3)16-7-5-6-15(17)14(16)12-18-9-11-20-4/h5-7,13,18H,8-12H2,1-4H3. The van der Waals surface area contributed by atoms with Gasteiger partial charge in [0.2, 0.25) is 0 Å². The Hall–Kier alpha value is -1.13. The second kappa shape index (κ2) is 8.93. The second-order valence-corrected chi connectivity index (χ2v) is 5.51. The average Bonchev–Trinajstić information content (AvgIpc) is 2.42. The molecular formula is C16H27FN2O. The van der Waals surface area contributed by atoms with Crippen LogP contribution in [-0.2, 0) is 11.3 Å². The molecule has 0 saturated carbocycles. The number of anilines is 1. The largest absolute Gasteiger partial charge is 0.383 e. The second-order valence-electron chi connectivity index (χ2n) is 5.51. The Kier molecular flexibility index (Phi) is 7.55. The van der Waals surface area contributed by atoms with Crippen molar-refractivity contribution in [3.05, 3.63) is 29.6 Å². The molecule has 0 aliphatic heterocycles. The average molecular weight is 282 g/mol. The summed E-state index contributed by atoms with van der Waals surface area (Å²) in [7, 11) is 3.69. The van der Waals surface area contributed by atoms with E-state index >= 15 is 0 Å². The van der Waals surface area contributed by atoms with Gasteiger partial charge in [0.1, 0.15) is 5.82 Å². The van der Waals surface area contributed by atoms with Crippen LogP contribution >= 0.6 is 0 Å². The van der Waals surface area contributed by atoms with Gasteiger partial charge in [0.25, 0.3) is 0 Å². The smallest absolute Gasteiger partial charge is 0.129 e. The van der Waals surface area contributed by atoms with E-state index in [1.54, 1.807) is 13.2 Å². The van der Waals surface area contributed by atoms with Crippen molar-refractivity contribution in [2.24, 2.45) is 5.92 Å². The van der Waals surface area contributed by atoms with Gasteiger partial charge in [-0.25, -0.2) is 4.39 Å². The summed E-state index contributed by atoms with van der Waals surface area (Å²) in [6.45, 7) is 7.22. The van der Waals surface area contributed by atoms with Crippen LogP contribution in [0.25, 0.3) is 0 Å². The molecule has 0 aliphatic rings. The molecule has 3 nitrogen and oxygen atoms in total. The number of hydrogen-bond acceptors (Lipinski definition) is 3. The Balaban J connectivity index is 2.71. The summed E-state index contributed by atoms with van der Waals surface area (Å²) in [5.41, 5.74) is 1.70. The molecule has 0 spiro atoms. The zero-order valence-corrected chi connectivity index (χ0v) is 13.1. The first-order valence-corrected chi connectivity index (χ1v) is 7.24. The molecule has 0 saturated heterocycles. The molecule has 0 unspecified atom stereocenters. The van der Waals surface area contributed by atoms with Crippen molar-refractivity contribution in [3.63, 3.8) is 0 Å². The zero-order chi connectivity index (χ0) is 15.0. The zero-order valence-electron chi connectivity index (χ0n) is 13.1. The van der Waals surface area contributed by atoms with Crippen LogP contribution in [0.15, 0.2) is 18.2 Å². The SMILES string of the molecule is COCCNCc1c(F)cccc1N(C)CCC(C)C. The number of benzene rings is 1. The Morgan fingerprint density at radius 3 is 2.75 bits per heavy atom. The third-order valence-electron chi connectivity index (χ3n) is 3.33. The molecular weight excluding hydrogens is 255 g/mol. The third-order valence-corrected chi connectivity index (χ3v) is 3.33. The Labute approximate surface area is 122 Å². The summed E-state index contributed by atoms with van der Waals surface area (Å²) in [4.78, 5) is 2.14. The van der Waals surface area contributed by atoms with Crippen LogP contribution in [0, 0.1) is 11.7 Å². The van der Waals surface area contributed by atoms with E-state index in [0.717, 1.165) is 30.8 Å². The number of ether oxygens (including phenoxy) is 1. The predicted molar refractivity (Wildman–Crippen MR) is 82.7 cm³/mol. The van der Waals surface area contributed by atoms with Gasteiger partial charge in [0, 0.05) is 45.0 Å². The number of halogens is 1. The Bertz CT molecular complexity index is 396. The molecule has 0 aromatic heterocycles. The van der Waals surface area contributed by atoms with E-state index in [4.69, 9.17) is 4.74 Å². The third kappa shape index (κ3) is 5.47. The number of methoxy groups -OCH3 is 1. The van der Waals surface area contributed by atoms with E-state index < -0.39 is 0 Å². The molecule has 0 bridgehead atoms. The quantitative estimate of drug-likeness (QED) is 0.705. The van der Waals surface area contributed by atoms with Crippen LogP contribution < -0.4 is 10.2 Å². The van der Waals surface area contributed by atoms with Crippen LogP contribution in [0.3, 0.4) is 0 Å². The van der Waals surface area contributed by atoms with Gasteiger partial charge in [-0.15, -0.1) is 0 Å². The topological polar surface area (TPSA) is 24.5 Å². The van der Waals surface area contributed by atoms with E-state index in [2.05, 4.69) is 24.1 Å². The minimum atomic E-state index is -0.149. The lowest BCUT2D eigenvalue weighted by Gasteiger charge is -2.24. The van der Waals surface area contributed by atoms with Crippen molar-refractivity contribution in [1.82, 2.24) is 5.32 Å². The van der Waals surface area contributed by atoms with Gasteiger partial charge in [-0.1, -0.05) is 19.9 Å². The molecule has 1 rings (SSSR count). The van der Waals surface area contributed by atoms with Crippen molar-refractivity contribution in [2.45, 2.75) is 26.8 Å². The molecule has 1 aromatic carbocycles. The lowest BCUT2D eigenvalue weighted by Crippen LogP contribution is -2.25. The fourth-order valence-electron chi connectivity index (χ4n) is 2.04. The van der Waals surface area contributed by atoms with Crippen LogP contribution in [0.5, 0.6) is 0 Å². The van der Waals surface area contributed by atoms with Gasteiger partial charge in [-0.3, -0.25) is 0 Å². The first kappa shape index (κ1) is 16.9. The highest BCUT2D eigenvalue weighted by atomic mass is 19.1. The van der Waals surface area contributed by atoms with Gasteiger partial charge in [-0.05, 0) is 24.5 Å². The summed E-state index contributed by atoms with van der Waals surface area (Å²) in [5.74, 6) is 0.498. The normalized spacial score (nSPS) is 11.1. The van der Waals surface area contributed by atoms with Crippen molar-refractivity contribution in [2.75, 3.05) is 38.8 Å². The molecule has 0 atom stereocenters. The lowest BCUT2D eigenvalue weighted by molar-refractivity contribution is 0.199. The molecule has 0 aliphatic carbocycles. The molecule has 0 radical (unpaired) electrons. The first-order valence-electron chi connectivity index (χ1n) is 7.24. The summed E-state index contributed by atoms with van der Waals surface area (Å²) >= 11 is 0. The van der Waals surface area contributed by atoms with Gasteiger partial charge in [0.05, 0.1) is 6.61 Å². The molecule has 20 heavy (non-hydrogen) atoms. The van der Waals surface area contributed by atoms with E-state index in [-0.39, 0.29) is 5.82 Å². The molecule has 1 aromatic rings. The maximum absolute atomic E-state index is 14.0. The van der Waals surface area contributed by atoms with Crippen molar-refractivity contribution < 1.29 is 9.13 Å². The summed E-state index contributed by atoms with van der Waals surface area (Å²) in [5, 5.41) is 3.21. The fourth-order valence-corrected chi connectivity index (χ4v) is 2.04. The van der Waals surface area contributed by atoms with Gasteiger partial charge in [-0.2, -0.15) is 0 Å². The number of nitrogens with one attached hydrogen (secondary N) is 1. The highest BCUT2D eigenvalue weighted by molar-refractivity contribution is 5.53. The van der Waals surface area contributed by atoms with E-state index in [1.807, 2.05) is 13.1 Å². The van der Waals surface area contributed by atoms with Crippen molar-refractivity contribution in [1.29, 1.82) is 0 Å². The van der Waals surface area contributed by atoms with E-state index in [9.17, 15) is 4.39 Å². The van der Waals surface area contributed by atoms with Crippen LogP contribution in [-0.4, -0.2) is 33.9 Å². The number of hydrogen-bond donors (Lipinski definition) is 1. The fraction of sp³-hybridized carbons (Fsp3) is 0.625. The maximum atomic E-state index is 14.0. The monoisotopic (exact) mass is 282 g/mol. The summed E-state index contributed by atoms with van der Waals surface area (Å²) in [6.07, 6.45) is 1.10. The van der Waals surface area contributed by atoms with Crippen LogP contribution in [0.4, 0.5) is 10.1 Å². The first-order chi connectivity index (χ1) is 9.56. The minimum Gasteiger partial charge on any atom is -0.383 e. The maximum Gasteiger partial charge on any atom is 0.129 e. The van der Waals surface area contributed by atoms with E-state index in [0.29, 0.717) is 19.1 Å².